The van der Waals surface area contributed by atoms with Gasteiger partial charge in [-0.3, -0.25) is 4.79 Å². The van der Waals surface area contributed by atoms with Gasteiger partial charge < -0.3 is 19.3 Å². The molecular weight excluding hydrogens is 310 g/mol. The maximum absolute atomic E-state index is 12.2. The van der Waals surface area contributed by atoms with Crippen molar-refractivity contribution in [3.63, 3.8) is 0 Å². The second-order valence-corrected chi connectivity index (χ2v) is 5.13. The molecule has 1 aliphatic heterocycles. The van der Waals surface area contributed by atoms with Gasteiger partial charge in [-0.15, -0.1) is 0 Å². The van der Waals surface area contributed by atoms with E-state index in [9.17, 15) is 4.79 Å². The number of ether oxygens (including phenoxy) is 2. The van der Waals surface area contributed by atoms with Crippen molar-refractivity contribution in [1.82, 2.24) is 15.5 Å². The molecule has 0 spiro atoms. The molecule has 1 N–H and O–H groups in total. The topological polar surface area (TPSA) is 86.5 Å². The van der Waals surface area contributed by atoms with Gasteiger partial charge in [0.15, 0.2) is 17.3 Å². The van der Waals surface area contributed by atoms with Crippen LogP contribution in [0.3, 0.4) is 0 Å². The number of aromatic nitrogens is 2. The van der Waals surface area contributed by atoms with Gasteiger partial charge in [-0.05, 0) is 30.3 Å². The molecule has 1 amide bonds. The van der Waals surface area contributed by atoms with Crippen LogP contribution in [0, 0.1) is 0 Å². The third kappa shape index (κ3) is 2.79. The molecule has 1 aliphatic rings. The molecule has 0 saturated heterocycles. The Bertz CT molecular complexity index is 877. The van der Waals surface area contributed by atoms with Crippen LogP contribution < -0.4 is 14.8 Å². The molecule has 3 aromatic rings. The van der Waals surface area contributed by atoms with E-state index < -0.39 is 0 Å². The highest BCUT2D eigenvalue weighted by molar-refractivity contribution is 5.94. The van der Waals surface area contributed by atoms with E-state index in [1.807, 2.05) is 30.3 Å². The maximum atomic E-state index is 12.2. The summed E-state index contributed by atoms with van der Waals surface area (Å²) in [6.45, 7) is 0.342. The van der Waals surface area contributed by atoms with E-state index in [-0.39, 0.29) is 19.2 Å². The summed E-state index contributed by atoms with van der Waals surface area (Å²) in [7, 11) is 0. The normalized spacial score (nSPS) is 12.2. The Morgan fingerprint density at radius 3 is 2.79 bits per heavy atom. The number of nitrogens with zero attached hydrogens (tertiary/aromatic N) is 2. The van der Waals surface area contributed by atoms with Crippen molar-refractivity contribution in [3.05, 3.63) is 59.9 Å². The summed E-state index contributed by atoms with van der Waals surface area (Å²) in [6.07, 6.45) is 0. The van der Waals surface area contributed by atoms with Gasteiger partial charge in [-0.2, -0.15) is 4.98 Å². The molecule has 2 heterocycles. The van der Waals surface area contributed by atoms with Crippen molar-refractivity contribution in [3.8, 4) is 23.0 Å². The summed E-state index contributed by atoms with van der Waals surface area (Å²) >= 11 is 0. The summed E-state index contributed by atoms with van der Waals surface area (Å²) in [5.41, 5.74) is 1.31. The average molecular weight is 323 g/mol. The van der Waals surface area contributed by atoms with E-state index in [4.69, 9.17) is 14.0 Å². The zero-order valence-electron chi connectivity index (χ0n) is 12.6. The Balaban J connectivity index is 1.42. The van der Waals surface area contributed by atoms with Gasteiger partial charge in [0.05, 0.1) is 6.54 Å². The van der Waals surface area contributed by atoms with E-state index in [1.165, 1.54) is 0 Å². The minimum atomic E-state index is -0.251. The molecule has 1 aromatic heterocycles. The number of hydrogen-bond donors (Lipinski definition) is 1. The highest BCUT2D eigenvalue weighted by atomic mass is 16.7. The molecule has 24 heavy (non-hydrogen) atoms. The first-order chi connectivity index (χ1) is 11.8. The molecule has 0 saturated carbocycles. The van der Waals surface area contributed by atoms with Crippen molar-refractivity contribution in [2.24, 2.45) is 0 Å². The summed E-state index contributed by atoms with van der Waals surface area (Å²) in [6, 6.07) is 14.5. The van der Waals surface area contributed by atoms with Gasteiger partial charge >= 0.3 is 0 Å². The lowest BCUT2D eigenvalue weighted by atomic mass is 10.2. The summed E-state index contributed by atoms with van der Waals surface area (Å²) < 4.78 is 15.7. The fourth-order valence-corrected chi connectivity index (χ4v) is 2.32. The van der Waals surface area contributed by atoms with Gasteiger partial charge in [-0.1, -0.05) is 23.4 Å². The fraction of sp³-hybridized carbons (Fsp3) is 0.118. The standard InChI is InChI=1S/C17H13N3O4/c21-16(12-6-7-13-14(8-12)23-10-22-13)18-9-15-19-17(24-20-15)11-4-2-1-3-5-11/h1-8H,9-10H2,(H,18,21). The van der Waals surface area contributed by atoms with Crippen LogP contribution in [0.2, 0.25) is 0 Å². The van der Waals surface area contributed by atoms with Gasteiger partial charge in [-0.25, -0.2) is 0 Å². The predicted molar refractivity (Wildman–Crippen MR) is 83.5 cm³/mol. The molecule has 0 radical (unpaired) electrons. The molecule has 4 rings (SSSR count). The first-order valence-corrected chi connectivity index (χ1v) is 7.35. The molecule has 7 nitrogen and oxygen atoms in total. The zero-order valence-corrected chi connectivity index (χ0v) is 12.6. The van der Waals surface area contributed by atoms with Crippen molar-refractivity contribution in [2.45, 2.75) is 6.54 Å². The van der Waals surface area contributed by atoms with Gasteiger partial charge in [0, 0.05) is 11.1 Å². The minimum absolute atomic E-state index is 0.170. The molecule has 7 heteroatoms. The lowest BCUT2D eigenvalue weighted by molar-refractivity contribution is 0.0949. The molecular formula is C17H13N3O4. The molecule has 0 atom stereocenters. The lowest BCUT2D eigenvalue weighted by Crippen LogP contribution is -2.23. The van der Waals surface area contributed by atoms with Crippen LogP contribution in [0.4, 0.5) is 0 Å². The monoisotopic (exact) mass is 323 g/mol. The average Bonchev–Trinajstić information content (AvgIpc) is 3.29. The summed E-state index contributed by atoms with van der Waals surface area (Å²) in [4.78, 5) is 16.5. The molecule has 2 aromatic carbocycles. The number of rotatable bonds is 4. The van der Waals surface area contributed by atoms with Crippen LogP contribution in [0.5, 0.6) is 11.5 Å². The Kier molecular flexibility index (Phi) is 3.59. The molecule has 120 valence electrons. The Morgan fingerprint density at radius 1 is 1.08 bits per heavy atom. The number of nitrogens with one attached hydrogen (secondary N) is 1. The van der Waals surface area contributed by atoms with E-state index in [0.29, 0.717) is 28.8 Å². The third-order valence-electron chi connectivity index (χ3n) is 3.53. The van der Waals surface area contributed by atoms with Crippen molar-refractivity contribution < 1.29 is 18.8 Å². The molecule has 0 fully saturated rings. The van der Waals surface area contributed by atoms with E-state index >= 15 is 0 Å². The number of fused-ring (bicyclic) bond motifs is 1. The van der Waals surface area contributed by atoms with Crippen LogP contribution in [0.15, 0.2) is 53.1 Å². The smallest absolute Gasteiger partial charge is 0.257 e. The highest BCUT2D eigenvalue weighted by Crippen LogP contribution is 2.32. The lowest BCUT2D eigenvalue weighted by Gasteiger charge is -2.03. The molecule has 0 unspecified atom stereocenters. The quantitative estimate of drug-likeness (QED) is 0.793. The number of benzene rings is 2. The van der Waals surface area contributed by atoms with Crippen molar-refractivity contribution in [1.29, 1.82) is 0 Å². The minimum Gasteiger partial charge on any atom is -0.454 e. The van der Waals surface area contributed by atoms with Gasteiger partial charge in [0.25, 0.3) is 11.8 Å². The highest BCUT2D eigenvalue weighted by Gasteiger charge is 2.16. The molecule has 0 bridgehead atoms. The Labute approximate surface area is 137 Å². The van der Waals surface area contributed by atoms with Crippen molar-refractivity contribution >= 4 is 5.91 Å². The first kappa shape index (κ1) is 14.3. The van der Waals surface area contributed by atoms with E-state index in [2.05, 4.69) is 15.5 Å². The Morgan fingerprint density at radius 2 is 1.92 bits per heavy atom. The fourth-order valence-electron chi connectivity index (χ4n) is 2.32. The van der Waals surface area contributed by atoms with E-state index in [1.54, 1.807) is 18.2 Å². The second-order valence-electron chi connectivity index (χ2n) is 5.13. The Hall–Kier alpha value is -3.35. The first-order valence-electron chi connectivity index (χ1n) is 7.35. The summed E-state index contributed by atoms with van der Waals surface area (Å²) in [5.74, 6) is 1.77. The van der Waals surface area contributed by atoms with Crippen LogP contribution in [0.25, 0.3) is 11.5 Å². The summed E-state index contributed by atoms with van der Waals surface area (Å²) in [5, 5.41) is 6.62. The number of carbonyl (C=O) groups excluding carboxylic acids is 1. The van der Waals surface area contributed by atoms with Crippen LogP contribution >= 0.6 is 0 Å². The predicted octanol–water partition coefficient (Wildman–Crippen LogP) is 2.40. The second kappa shape index (κ2) is 6.04. The van der Waals surface area contributed by atoms with Crippen LogP contribution in [-0.4, -0.2) is 22.8 Å². The van der Waals surface area contributed by atoms with Crippen LogP contribution in [0.1, 0.15) is 16.2 Å². The van der Waals surface area contributed by atoms with Crippen LogP contribution in [-0.2, 0) is 6.54 Å². The number of carbonyl (C=O) groups is 1. The van der Waals surface area contributed by atoms with Crippen molar-refractivity contribution in [2.75, 3.05) is 6.79 Å². The van der Waals surface area contributed by atoms with Gasteiger partial charge in [0.2, 0.25) is 6.79 Å². The maximum Gasteiger partial charge on any atom is 0.257 e. The van der Waals surface area contributed by atoms with Gasteiger partial charge in [0.1, 0.15) is 0 Å². The third-order valence-corrected chi connectivity index (χ3v) is 3.53. The number of hydrogen-bond acceptors (Lipinski definition) is 6. The number of amides is 1. The van der Waals surface area contributed by atoms with E-state index in [0.717, 1.165) is 5.56 Å². The largest absolute Gasteiger partial charge is 0.454 e. The SMILES string of the molecule is O=C(NCc1noc(-c2ccccc2)n1)c1ccc2c(c1)OCO2. The molecule has 0 aliphatic carbocycles. The zero-order chi connectivity index (χ0) is 16.4.